The van der Waals surface area contributed by atoms with E-state index in [0.29, 0.717) is 30.1 Å². The van der Waals surface area contributed by atoms with E-state index < -0.39 is 0 Å². The molecule has 1 aliphatic heterocycles. The van der Waals surface area contributed by atoms with Gasteiger partial charge < -0.3 is 35.1 Å². The Bertz CT molecular complexity index is 1660. The maximum absolute atomic E-state index is 6.77. The molecule has 11 nitrogen and oxygen atoms in total. The van der Waals surface area contributed by atoms with Gasteiger partial charge in [0, 0.05) is 48.7 Å². The Morgan fingerprint density at radius 1 is 0.667 bits per heavy atom. The summed E-state index contributed by atoms with van der Waals surface area (Å²) in [5.74, 6) is 2.60. The number of hydrogen-bond acceptors (Lipinski definition) is 9. The molecule has 11 heteroatoms. The van der Waals surface area contributed by atoms with Gasteiger partial charge in [0.1, 0.15) is 35.6 Å². The molecule has 48 heavy (non-hydrogen) atoms. The van der Waals surface area contributed by atoms with E-state index in [4.69, 9.17) is 14.7 Å². The van der Waals surface area contributed by atoms with E-state index in [-0.39, 0.29) is 12.2 Å². The van der Waals surface area contributed by atoms with Gasteiger partial charge in [0.25, 0.3) is 0 Å². The van der Waals surface area contributed by atoms with Crippen LogP contribution in [0.5, 0.6) is 0 Å². The minimum absolute atomic E-state index is 0.0698. The van der Waals surface area contributed by atoms with Gasteiger partial charge in [0.2, 0.25) is 0 Å². The number of likely N-dealkylation sites (N-methyl/N-ethyl adjacent to an activating group) is 1. The average molecular weight is 655 g/mol. The van der Waals surface area contributed by atoms with Crippen LogP contribution < -0.4 is 10.6 Å². The van der Waals surface area contributed by atoms with E-state index in [2.05, 4.69) is 73.9 Å². The van der Waals surface area contributed by atoms with Crippen LogP contribution in [0.1, 0.15) is 113 Å². The van der Waals surface area contributed by atoms with Crippen LogP contribution in [0, 0.1) is 0 Å². The van der Waals surface area contributed by atoms with Crippen molar-refractivity contribution in [3.8, 4) is 0 Å². The topological polar surface area (TPSA) is 123 Å². The second-order valence-corrected chi connectivity index (χ2v) is 15.4. The van der Waals surface area contributed by atoms with E-state index in [1.165, 1.54) is 80.7 Å². The van der Waals surface area contributed by atoms with E-state index in [1.54, 1.807) is 12.7 Å². The van der Waals surface area contributed by atoms with Crippen LogP contribution in [-0.4, -0.2) is 97.7 Å². The fraction of sp³-hybridized carbons (Fsp3) is 0.676. The molecule has 4 N–H and O–H groups in total. The first-order chi connectivity index (χ1) is 23.5. The van der Waals surface area contributed by atoms with Crippen molar-refractivity contribution in [2.24, 2.45) is 0 Å². The number of hydrogen-bond donors (Lipinski definition) is 4. The van der Waals surface area contributed by atoms with Gasteiger partial charge in [-0.2, -0.15) is 0 Å². The molecule has 0 aromatic carbocycles. The van der Waals surface area contributed by atoms with E-state index in [9.17, 15) is 0 Å². The molecule has 5 heterocycles. The quantitative estimate of drug-likeness (QED) is 0.147. The van der Waals surface area contributed by atoms with Gasteiger partial charge in [-0.1, -0.05) is 12.8 Å². The Kier molecular flexibility index (Phi) is 9.26. The number of H-pyrrole nitrogens is 2. The highest BCUT2D eigenvalue weighted by molar-refractivity contribution is 5.91. The van der Waals surface area contributed by atoms with Crippen LogP contribution >= 0.6 is 0 Å². The Morgan fingerprint density at radius 2 is 1.23 bits per heavy atom. The summed E-state index contributed by atoms with van der Waals surface area (Å²) in [6.07, 6.45) is 24.7. The molecule has 4 fully saturated rings. The van der Waals surface area contributed by atoms with Crippen LogP contribution in [0.2, 0.25) is 0 Å². The van der Waals surface area contributed by atoms with Crippen molar-refractivity contribution in [1.29, 1.82) is 0 Å². The van der Waals surface area contributed by atoms with E-state index in [0.717, 1.165) is 60.5 Å². The van der Waals surface area contributed by atoms with Gasteiger partial charge in [-0.3, -0.25) is 0 Å². The van der Waals surface area contributed by atoms with E-state index in [1.807, 2.05) is 0 Å². The average Bonchev–Trinajstić information content (AvgIpc) is 3.92. The lowest BCUT2D eigenvalue weighted by molar-refractivity contribution is 0.0162. The zero-order valence-electron chi connectivity index (χ0n) is 29.0. The lowest BCUT2D eigenvalue weighted by Crippen LogP contribution is -2.41. The zero-order chi connectivity index (χ0) is 32.6. The first-order valence-corrected chi connectivity index (χ1v) is 18.7. The Hall–Kier alpha value is -3.28. The van der Waals surface area contributed by atoms with Gasteiger partial charge in [-0.15, -0.1) is 0 Å². The molecule has 1 saturated heterocycles. The number of nitrogens with one attached hydrogen (secondary N) is 4. The Labute approximate surface area is 284 Å². The van der Waals surface area contributed by atoms with Gasteiger partial charge in [0.05, 0.1) is 23.0 Å². The molecule has 0 radical (unpaired) electrons. The highest BCUT2D eigenvalue weighted by Crippen LogP contribution is 2.41. The number of aromatic amines is 2. The molecule has 4 aromatic rings. The number of anilines is 2. The van der Waals surface area contributed by atoms with Crippen molar-refractivity contribution in [3.63, 3.8) is 0 Å². The number of ether oxygens (including phenoxy) is 1. The predicted molar refractivity (Wildman–Crippen MR) is 191 cm³/mol. The zero-order valence-corrected chi connectivity index (χ0v) is 29.0. The first kappa shape index (κ1) is 32.0. The fourth-order valence-electron chi connectivity index (χ4n) is 9.33. The lowest BCUT2D eigenvalue weighted by atomic mass is 9.90. The Morgan fingerprint density at radius 3 is 1.83 bits per heavy atom. The van der Waals surface area contributed by atoms with Crippen molar-refractivity contribution < 1.29 is 4.74 Å². The number of nitrogens with zero attached hydrogens (tertiary/aromatic N) is 6. The molecular formula is C37H54N10O. The largest absolute Gasteiger partial charge is 0.369 e. The van der Waals surface area contributed by atoms with Gasteiger partial charge in [-0.25, -0.2) is 19.9 Å². The summed E-state index contributed by atoms with van der Waals surface area (Å²) in [5.41, 5.74) is 4.47. The molecule has 258 valence electrons. The van der Waals surface area contributed by atoms with Crippen molar-refractivity contribution in [1.82, 2.24) is 39.7 Å². The highest BCUT2D eigenvalue weighted by atomic mass is 16.5. The summed E-state index contributed by atoms with van der Waals surface area (Å²) in [6, 6.07) is 2.15. The molecule has 4 aliphatic rings. The third-order valence-corrected chi connectivity index (χ3v) is 12.2. The Balaban J connectivity index is 0.854. The summed E-state index contributed by atoms with van der Waals surface area (Å²) < 4.78 is 6.77. The summed E-state index contributed by atoms with van der Waals surface area (Å²) in [5, 5.41) is 9.96. The maximum Gasteiger partial charge on any atom is 0.143 e. The molecule has 0 bridgehead atoms. The SMILES string of the molecule is CN(C)[C@H]1CC[C@H](Nc2ncnc3[nH]cc(C4CCC(CN(C)[C@H]5CC[C@H](Nc6ncnc7[nH]cc(C8CCCC8)c67)CC5)O4)c23)CC1. The minimum Gasteiger partial charge on any atom is -0.369 e. The molecular weight excluding hydrogens is 600 g/mol. The molecule has 0 spiro atoms. The predicted octanol–water partition coefficient (Wildman–Crippen LogP) is 6.75. The van der Waals surface area contributed by atoms with Crippen molar-refractivity contribution in [2.75, 3.05) is 38.3 Å². The number of fused-ring (bicyclic) bond motifs is 2. The molecule has 8 rings (SSSR count). The number of rotatable bonds is 10. The normalized spacial score (nSPS) is 28.7. The molecule has 2 unspecified atom stereocenters. The van der Waals surface area contributed by atoms with Gasteiger partial charge in [0.15, 0.2) is 0 Å². The third kappa shape index (κ3) is 6.53. The fourth-order valence-corrected chi connectivity index (χ4v) is 9.33. The van der Waals surface area contributed by atoms with Crippen molar-refractivity contribution in [3.05, 3.63) is 36.2 Å². The summed E-state index contributed by atoms with van der Waals surface area (Å²) in [7, 11) is 6.69. The summed E-state index contributed by atoms with van der Waals surface area (Å²) in [4.78, 5) is 30.3. The highest BCUT2D eigenvalue weighted by Gasteiger charge is 2.33. The minimum atomic E-state index is 0.0698. The second-order valence-electron chi connectivity index (χ2n) is 15.4. The van der Waals surface area contributed by atoms with E-state index >= 15 is 0 Å². The van der Waals surface area contributed by atoms with Crippen LogP contribution in [-0.2, 0) is 4.74 Å². The maximum atomic E-state index is 6.77. The van der Waals surface area contributed by atoms with Crippen molar-refractivity contribution >= 4 is 33.7 Å². The molecule has 0 amide bonds. The van der Waals surface area contributed by atoms with Crippen LogP contribution in [0.15, 0.2) is 25.0 Å². The molecule has 3 aliphatic carbocycles. The van der Waals surface area contributed by atoms with Gasteiger partial charge >= 0.3 is 0 Å². The lowest BCUT2D eigenvalue weighted by Gasteiger charge is -2.36. The van der Waals surface area contributed by atoms with Crippen LogP contribution in [0.25, 0.3) is 22.1 Å². The van der Waals surface area contributed by atoms with Gasteiger partial charge in [-0.05, 0) is 110 Å². The molecule has 2 atom stereocenters. The summed E-state index contributed by atoms with van der Waals surface area (Å²) in [6.45, 7) is 0.971. The summed E-state index contributed by atoms with van der Waals surface area (Å²) >= 11 is 0. The first-order valence-electron chi connectivity index (χ1n) is 18.7. The molecule has 3 saturated carbocycles. The van der Waals surface area contributed by atoms with Crippen molar-refractivity contribution in [2.45, 2.75) is 132 Å². The third-order valence-electron chi connectivity index (χ3n) is 12.2. The number of aromatic nitrogens is 6. The second kappa shape index (κ2) is 13.9. The molecule has 4 aromatic heterocycles. The monoisotopic (exact) mass is 654 g/mol. The van der Waals surface area contributed by atoms with Crippen LogP contribution in [0.4, 0.5) is 11.6 Å². The standard InChI is InChI=1S/C37H54N10O/c1-46(2)26-12-8-24(9-13-26)45-37-33-30(19-39-35(33)41-22-43-37)31-17-16-28(48-31)20-47(3)27-14-10-25(11-15-27)44-36-32-29(23-6-4-5-7-23)18-38-34(32)40-21-42-36/h18-19,21-28,31H,4-17,20H2,1-3H3,(H2,38,40,42,44)(H2,39,41,43,45)/t24-,25-,26-,27-,28?,31?. The van der Waals surface area contributed by atoms with Crippen LogP contribution in [0.3, 0.4) is 0 Å². The smallest absolute Gasteiger partial charge is 0.143 e.